The number of aromatic nitrogens is 2. The van der Waals surface area contributed by atoms with Crippen LogP contribution in [0.3, 0.4) is 0 Å². The van der Waals surface area contributed by atoms with Crippen LogP contribution in [-0.2, 0) is 0 Å². The number of rotatable bonds is 4. The smallest absolute Gasteiger partial charge is 0.268 e. The van der Waals surface area contributed by atoms with Crippen molar-refractivity contribution in [3.05, 3.63) is 36.3 Å². The highest BCUT2D eigenvalue weighted by atomic mass is 16.5. The van der Waals surface area contributed by atoms with E-state index in [4.69, 9.17) is 4.74 Å². The van der Waals surface area contributed by atoms with Crippen molar-refractivity contribution in [3.63, 3.8) is 0 Å². The highest BCUT2D eigenvalue weighted by Gasteiger charge is 2.52. The van der Waals surface area contributed by atoms with E-state index in [0.717, 1.165) is 23.0 Å². The third-order valence-electron chi connectivity index (χ3n) is 7.17. The van der Waals surface area contributed by atoms with Crippen LogP contribution in [0.25, 0.3) is 11.1 Å². The van der Waals surface area contributed by atoms with E-state index in [1.54, 1.807) is 13.3 Å². The average Bonchev–Trinajstić information content (AvgIpc) is 3.16. The van der Waals surface area contributed by atoms with E-state index in [1.165, 1.54) is 44.9 Å². The fourth-order valence-electron chi connectivity index (χ4n) is 5.96. The molecule has 5 nitrogen and oxygen atoms in total. The van der Waals surface area contributed by atoms with Gasteiger partial charge in [-0.1, -0.05) is 0 Å². The molecule has 0 spiro atoms. The van der Waals surface area contributed by atoms with Gasteiger partial charge >= 0.3 is 0 Å². The fraction of sp³-hybridized carbons (Fsp3) is 0.545. The van der Waals surface area contributed by atoms with Gasteiger partial charge < -0.3 is 15.0 Å². The Hall–Kier alpha value is -2.30. The van der Waals surface area contributed by atoms with Crippen molar-refractivity contribution in [2.24, 2.45) is 17.8 Å². The standard InChI is InChI=1S/C22H27N3O2/c1-27-20-7-4-16(12-24-20)17-9-19(23-13-17)21(26)25-22-10-14-2-5-18(22)6-3-15(8-14)11-22/h4,7,9,12-15,18,23H,2-3,5-6,8,10-11H2,1H3,(H,25,26). The van der Waals surface area contributed by atoms with Crippen molar-refractivity contribution in [2.75, 3.05) is 7.11 Å². The van der Waals surface area contributed by atoms with Crippen LogP contribution in [0.5, 0.6) is 5.88 Å². The number of H-pyrrole nitrogens is 1. The SMILES string of the molecule is COc1ccc(-c2c[nH]c(C(=O)NC34CC5CCC3CCC(C5)C4)c2)cn1. The first-order valence-electron chi connectivity index (χ1n) is 10.2. The molecule has 142 valence electrons. The maximum Gasteiger partial charge on any atom is 0.268 e. The average molecular weight is 365 g/mol. The second kappa shape index (κ2) is 6.39. The molecule has 3 saturated carbocycles. The van der Waals surface area contributed by atoms with Crippen LogP contribution in [0.2, 0.25) is 0 Å². The Morgan fingerprint density at radius 2 is 1.96 bits per heavy atom. The quantitative estimate of drug-likeness (QED) is 0.854. The van der Waals surface area contributed by atoms with Crippen molar-refractivity contribution in [1.29, 1.82) is 0 Å². The molecular formula is C22H27N3O2. The zero-order valence-corrected chi connectivity index (χ0v) is 15.8. The summed E-state index contributed by atoms with van der Waals surface area (Å²) in [5, 5.41) is 3.49. The van der Waals surface area contributed by atoms with Crippen LogP contribution >= 0.6 is 0 Å². The molecule has 2 unspecified atom stereocenters. The summed E-state index contributed by atoms with van der Waals surface area (Å²) >= 11 is 0. The first-order valence-corrected chi connectivity index (χ1v) is 10.2. The molecule has 0 aromatic carbocycles. The predicted octanol–water partition coefficient (Wildman–Crippen LogP) is 4.17. The van der Waals surface area contributed by atoms with Gasteiger partial charge in [-0.05, 0) is 74.8 Å². The Morgan fingerprint density at radius 3 is 2.63 bits per heavy atom. The summed E-state index contributed by atoms with van der Waals surface area (Å²) in [6.45, 7) is 0. The summed E-state index contributed by atoms with van der Waals surface area (Å²) in [5.74, 6) is 2.91. The number of carbonyl (C=O) groups excluding carboxylic acids is 1. The lowest BCUT2D eigenvalue weighted by Crippen LogP contribution is -2.62. The number of ether oxygens (including phenoxy) is 1. The number of aromatic amines is 1. The lowest BCUT2D eigenvalue weighted by atomic mass is 9.53. The van der Waals surface area contributed by atoms with Crippen molar-refractivity contribution in [2.45, 2.75) is 50.5 Å². The number of nitrogens with zero attached hydrogens (tertiary/aromatic N) is 1. The van der Waals surface area contributed by atoms with Crippen LogP contribution in [0, 0.1) is 17.8 Å². The van der Waals surface area contributed by atoms with Gasteiger partial charge in [-0.2, -0.15) is 0 Å². The van der Waals surface area contributed by atoms with Gasteiger partial charge in [-0.25, -0.2) is 4.98 Å². The third kappa shape index (κ3) is 2.93. The molecule has 2 N–H and O–H groups in total. The Bertz CT molecular complexity index is 825. The molecule has 3 bridgehead atoms. The zero-order chi connectivity index (χ0) is 18.4. The lowest BCUT2D eigenvalue weighted by Gasteiger charge is -2.57. The molecule has 5 heteroatoms. The number of pyridine rings is 1. The molecule has 27 heavy (non-hydrogen) atoms. The summed E-state index contributed by atoms with van der Waals surface area (Å²) in [7, 11) is 1.61. The molecule has 0 radical (unpaired) electrons. The predicted molar refractivity (Wildman–Crippen MR) is 104 cm³/mol. The highest BCUT2D eigenvalue weighted by Crippen LogP contribution is 2.54. The highest BCUT2D eigenvalue weighted by molar-refractivity contribution is 5.94. The van der Waals surface area contributed by atoms with Crippen molar-refractivity contribution in [1.82, 2.24) is 15.3 Å². The minimum atomic E-state index is 0.0358. The van der Waals surface area contributed by atoms with Gasteiger partial charge in [0, 0.05) is 35.1 Å². The van der Waals surface area contributed by atoms with Gasteiger partial charge in [0.2, 0.25) is 5.88 Å². The maximum absolute atomic E-state index is 13.1. The second-order valence-corrected chi connectivity index (χ2v) is 8.73. The lowest BCUT2D eigenvalue weighted by molar-refractivity contribution is -0.0142. The minimum Gasteiger partial charge on any atom is -0.481 e. The second-order valence-electron chi connectivity index (χ2n) is 8.73. The number of amides is 1. The molecule has 0 saturated heterocycles. The number of methoxy groups -OCH3 is 1. The van der Waals surface area contributed by atoms with Gasteiger partial charge in [0.25, 0.3) is 5.91 Å². The summed E-state index contributed by atoms with van der Waals surface area (Å²) < 4.78 is 5.11. The Balaban J connectivity index is 1.35. The van der Waals surface area contributed by atoms with Gasteiger partial charge in [0.1, 0.15) is 5.69 Å². The van der Waals surface area contributed by atoms with Gasteiger partial charge in [0.15, 0.2) is 0 Å². The van der Waals surface area contributed by atoms with E-state index >= 15 is 0 Å². The van der Waals surface area contributed by atoms with E-state index in [0.29, 0.717) is 17.5 Å². The summed E-state index contributed by atoms with van der Waals surface area (Å²) in [4.78, 5) is 20.5. The summed E-state index contributed by atoms with van der Waals surface area (Å²) in [5.41, 5.74) is 2.62. The summed E-state index contributed by atoms with van der Waals surface area (Å²) in [6.07, 6.45) is 12.7. The van der Waals surface area contributed by atoms with Gasteiger partial charge in [-0.3, -0.25) is 4.79 Å². The van der Waals surface area contributed by atoms with Crippen LogP contribution in [0.15, 0.2) is 30.6 Å². The van der Waals surface area contributed by atoms with Crippen LogP contribution < -0.4 is 10.1 Å². The number of hydrogen-bond acceptors (Lipinski definition) is 3. The monoisotopic (exact) mass is 365 g/mol. The molecule has 3 aliphatic carbocycles. The molecule has 1 amide bonds. The van der Waals surface area contributed by atoms with E-state index in [2.05, 4.69) is 15.3 Å². The van der Waals surface area contributed by atoms with E-state index in [-0.39, 0.29) is 11.4 Å². The Labute approximate surface area is 159 Å². The molecule has 3 aliphatic rings. The topological polar surface area (TPSA) is 67.0 Å². The van der Waals surface area contributed by atoms with E-state index in [1.807, 2.05) is 24.4 Å². The third-order valence-corrected chi connectivity index (χ3v) is 7.17. The first-order chi connectivity index (χ1) is 13.1. The van der Waals surface area contributed by atoms with Crippen LogP contribution in [0.4, 0.5) is 0 Å². The van der Waals surface area contributed by atoms with Crippen molar-refractivity contribution < 1.29 is 9.53 Å². The minimum absolute atomic E-state index is 0.0358. The molecule has 3 fully saturated rings. The maximum atomic E-state index is 13.1. The largest absolute Gasteiger partial charge is 0.481 e. The molecule has 2 heterocycles. The van der Waals surface area contributed by atoms with E-state index in [9.17, 15) is 4.79 Å². The molecule has 2 atom stereocenters. The molecule has 5 rings (SSSR count). The fourth-order valence-corrected chi connectivity index (χ4v) is 5.96. The van der Waals surface area contributed by atoms with Gasteiger partial charge in [0.05, 0.1) is 7.11 Å². The van der Waals surface area contributed by atoms with Crippen molar-refractivity contribution >= 4 is 5.91 Å². The molecule has 0 aliphatic heterocycles. The normalized spacial score (nSPS) is 31.5. The first kappa shape index (κ1) is 16.8. The zero-order valence-electron chi connectivity index (χ0n) is 15.8. The number of nitrogens with one attached hydrogen (secondary N) is 2. The van der Waals surface area contributed by atoms with Gasteiger partial charge in [-0.15, -0.1) is 0 Å². The number of carbonyl (C=O) groups is 1. The van der Waals surface area contributed by atoms with E-state index < -0.39 is 0 Å². The van der Waals surface area contributed by atoms with Crippen LogP contribution in [-0.4, -0.2) is 28.5 Å². The molecule has 2 aromatic heterocycles. The number of fused-ring (bicyclic) bond motifs is 2. The molecular weight excluding hydrogens is 338 g/mol. The van der Waals surface area contributed by atoms with Crippen molar-refractivity contribution in [3.8, 4) is 17.0 Å². The summed E-state index contributed by atoms with van der Waals surface area (Å²) in [6, 6.07) is 5.72. The molecule has 2 aromatic rings. The van der Waals surface area contributed by atoms with Crippen LogP contribution in [0.1, 0.15) is 55.4 Å². The Kier molecular flexibility index (Phi) is 3.99. The number of hydrogen-bond donors (Lipinski definition) is 2. The Morgan fingerprint density at radius 1 is 1.19 bits per heavy atom.